The molecular weight excluding hydrogens is 294 g/mol. The quantitative estimate of drug-likeness (QED) is 0.908. The van der Waals surface area contributed by atoms with E-state index in [1.807, 2.05) is 20.8 Å². The number of rotatable bonds is 4. The van der Waals surface area contributed by atoms with Crippen LogP contribution >= 0.6 is 0 Å². The molecule has 0 spiro atoms. The molecule has 2 aromatic rings. The van der Waals surface area contributed by atoms with E-state index in [0.717, 1.165) is 5.69 Å². The molecular formula is C17H21N3O3. The van der Waals surface area contributed by atoms with Crippen LogP contribution in [0.3, 0.4) is 0 Å². The second-order valence-corrected chi connectivity index (χ2v) is 6.51. The fourth-order valence-electron chi connectivity index (χ4n) is 2.12. The van der Waals surface area contributed by atoms with Gasteiger partial charge >= 0.3 is 5.97 Å². The zero-order chi connectivity index (χ0) is 17.2. The van der Waals surface area contributed by atoms with Crippen molar-refractivity contribution < 1.29 is 14.7 Å². The van der Waals surface area contributed by atoms with Gasteiger partial charge in [-0.3, -0.25) is 14.3 Å². The van der Waals surface area contributed by atoms with Gasteiger partial charge in [0, 0.05) is 18.2 Å². The molecule has 0 saturated carbocycles. The molecule has 6 nitrogen and oxygen atoms in total. The summed E-state index contributed by atoms with van der Waals surface area (Å²) >= 11 is 0. The lowest BCUT2D eigenvalue weighted by atomic mass is 9.92. The van der Waals surface area contributed by atoms with Crippen molar-refractivity contribution in [2.24, 2.45) is 7.05 Å². The van der Waals surface area contributed by atoms with Gasteiger partial charge in [-0.25, -0.2) is 0 Å². The van der Waals surface area contributed by atoms with E-state index in [2.05, 4.69) is 10.4 Å². The standard InChI is InChI=1S/C17H21N3O3/c1-17(2,3)14-10-13(20(4)19-14)16(23)18-12-7-5-11(6-8-12)9-15(21)22/h5-8,10H,9H2,1-4H3,(H,18,23)(H,21,22). The summed E-state index contributed by atoms with van der Waals surface area (Å²) in [5.41, 5.74) is 2.49. The summed E-state index contributed by atoms with van der Waals surface area (Å²) in [7, 11) is 1.74. The maximum Gasteiger partial charge on any atom is 0.307 e. The van der Waals surface area contributed by atoms with Gasteiger partial charge in [-0.05, 0) is 23.8 Å². The Kier molecular flexibility index (Phi) is 4.54. The van der Waals surface area contributed by atoms with Crippen LogP contribution in [0.25, 0.3) is 0 Å². The second kappa shape index (κ2) is 6.24. The molecule has 0 unspecified atom stereocenters. The minimum Gasteiger partial charge on any atom is -0.481 e. The minimum atomic E-state index is -0.883. The highest BCUT2D eigenvalue weighted by Crippen LogP contribution is 2.22. The number of aliphatic carboxylic acids is 1. The Balaban J connectivity index is 2.13. The molecule has 23 heavy (non-hydrogen) atoms. The number of aryl methyl sites for hydroxylation is 1. The molecule has 122 valence electrons. The summed E-state index contributed by atoms with van der Waals surface area (Å²) in [6, 6.07) is 8.55. The Morgan fingerprint density at radius 3 is 2.30 bits per heavy atom. The van der Waals surface area contributed by atoms with E-state index in [-0.39, 0.29) is 17.7 Å². The van der Waals surface area contributed by atoms with Gasteiger partial charge in [0.05, 0.1) is 12.1 Å². The molecule has 0 atom stereocenters. The number of carbonyl (C=O) groups excluding carboxylic acids is 1. The van der Waals surface area contributed by atoms with Crippen molar-refractivity contribution >= 4 is 17.6 Å². The van der Waals surface area contributed by atoms with E-state index < -0.39 is 5.97 Å². The molecule has 2 rings (SSSR count). The largest absolute Gasteiger partial charge is 0.481 e. The SMILES string of the molecule is Cn1nc(C(C)(C)C)cc1C(=O)Nc1ccc(CC(=O)O)cc1. The first-order valence-corrected chi connectivity index (χ1v) is 7.33. The number of benzene rings is 1. The highest BCUT2D eigenvalue weighted by Gasteiger charge is 2.21. The van der Waals surface area contributed by atoms with Crippen LogP contribution in [0.2, 0.25) is 0 Å². The predicted octanol–water partition coefficient (Wildman–Crippen LogP) is 2.60. The number of nitrogens with zero attached hydrogens (tertiary/aromatic N) is 2. The van der Waals surface area contributed by atoms with Crippen molar-refractivity contribution in [3.8, 4) is 0 Å². The third kappa shape index (κ3) is 4.18. The van der Waals surface area contributed by atoms with E-state index in [4.69, 9.17) is 5.11 Å². The van der Waals surface area contributed by atoms with Crippen LogP contribution in [0, 0.1) is 0 Å². The van der Waals surface area contributed by atoms with Crippen molar-refractivity contribution in [1.82, 2.24) is 9.78 Å². The topological polar surface area (TPSA) is 84.2 Å². The number of amides is 1. The van der Waals surface area contributed by atoms with E-state index in [1.165, 1.54) is 0 Å². The van der Waals surface area contributed by atoms with Gasteiger partial charge in [0.2, 0.25) is 0 Å². The highest BCUT2D eigenvalue weighted by molar-refractivity contribution is 6.03. The van der Waals surface area contributed by atoms with Crippen molar-refractivity contribution in [1.29, 1.82) is 0 Å². The molecule has 1 heterocycles. The highest BCUT2D eigenvalue weighted by atomic mass is 16.4. The fraction of sp³-hybridized carbons (Fsp3) is 0.353. The van der Waals surface area contributed by atoms with Gasteiger partial charge in [-0.2, -0.15) is 5.10 Å². The Morgan fingerprint density at radius 2 is 1.83 bits per heavy atom. The number of hydrogen-bond donors (Lipinski definition) is 2. The number of carbonyl (C=O) groups is 2. The Morgan fingerprint density at radius 1 is 1.22 bits per heavy atom. The summed E-state index contributed by atoms with van der Waals surface area (Å²) in [6.07, 6.45) is -0.0368. The van der Waals surface area contributed by atoms with E-state index in [1.54, 1.807) is 42.1 Å². The summed E-state index contributed by atoms with van der Waals surface area (Å²) in [5, 5.41) is 15.9. The maximum absolute atomic E-state index is 12.4. The smallest absolute Gasteiger partial charge is 0.307 e. The summed E-state index contributed by atoms with van der Waals surface area (Å²) in [5.74, 6) is -1.13. The van der Waals surface area contributed by atoms with Crippen LogP contribution in [0.4, 0.5) is 5.69 Å². The average Bonchev–Trinajstić information content (AvgIpc) is 2.82. The fourth-order valence-corrected chi connectivity index (χ4v) is 2.12. The molecule has 0 bridgehead atoms. The third-order valence-electron chi connectivity index (χ3n) is 3.45. The van der Waals surface area contributed by atoms with E-state index in [0.29, 0.717) is 16.9 Å². The molecule has 0 aliphatic rings. The van der Waals surface area contributed by atoms with E-state index in [9.17, 15) is 9.59 Å². The van der Waals surface area contributed by atoms with Crippen molar-refractivity contribution in [3.05, 3.63) is 47.3 Å². The Labute approximate surface area is 135 Å². The van der Waals surface area contributed by atoms with Gasteiger partial charge in [0.15, 0.2) is 0 Å². The summed E-state index contributed by atoms with van der Waals surface area (Å²) < 4.78 is 1.56. The molecule has 2 N–H and O–H groups in total. The normalized spacial score (nSPS) is 11.3. The first kappa shape index (κ1) is 16.7. The molecule has 0 saturated heterocycles. The summed E-state index contributed by atoms with van der Waals surface area (Å²) in [6.45, 7) is 6.12. The molecule has 6 heteroatoms. The average molecular weight is 315 g/mol. The third-order valence-corrected chi connectivity index (χ3v) is 3.45. The van der Waals surface area contributed by atoms with Crippen LogP contribution in [0.5, 0.6) is 0 Å². The van der Waals surface area contributed by atoms with Crippen LogP contribution in [-0.4, -0.2) is 26.8 Å². The van der Waals surface area contributed by atoms with Gasteiger partial charge < -0.3 is 10.4 Å². The van der Waals surface area contributed by atoms with Gasteiger partial charge in [-0.1, -0.05) is 32.9 Å². The molecule has 0 aliphatic heterocycles. The first-order valence-electron chi connectivity index (χ1n) is 7.33. The van der Waals surface area contributed by atoms with Crippen LogP contribution < -0.4 is 5.32 Å². The Bertz CT molecular complexity index is 725. The van der Waals surface area contributed by atoms with Crippen LogP contribution in [0.15, 0.2) is 30.3 Å². The van der Waals surface area contributed by atoms with Gasteiger partial charge in [-0.15, -0.1) is 0 Å². The monoisotopic (exact) mass is 315 g/mol. The maximum atomic E-state index is 12.4. The number of anilines is 1. The van der Waals surface area contributed by atoms with Crippen LogP contribution in [0.1, 0.15) is 42.5 Å². The van der Waals surface area contributed by atoms with Gasteiger partial charge in [0.1, 0.15) is 5.69 Å². The Hall–Kier alpha value is -2.63. The summed E-state index contributed by atoms with van der Waals surface area (Å²) in [4.78, 5) is 23.0. The first-order chi connectivity index (χ1) is 10.7. The molecule has 0 fully saturated rings. The van der Waals surface area contributed by atoms with Gasteiger partial charge in [0.25, 0.3) is 5.91 Å². The van der Waals surface area contributed by atoms with Crippen molar-refractivity contribution in [2.75, 3.05) is 5.32 Å². The lowest BCUT2D eigenvalue weighted by molar-refractivity contribution is -0.136. The van der Waals surface area contributed by atoms with Crippen molar-refractivity contribution in [3.63, 3.8) is 0 Å². The lowest BCUT2D eigenvalue weighted by Gasteiger charge is -2.13. The van der Waals surface area contributed by atoms with Crippen molar-refractivity contribution in [2.45, 2.75) is 32.6 Å². The lowest BCUT2D eigenvalue weighted by Crippen LogP contribution is -2.16. The second-order valence-electron chi connectivity index (χ2n) is 6.51. The van der Waals surface area contributed by atoms with Crippen LogP contribution in [-0.2, 0) is 23.7 Å². The molecule has 1 aromatic carbocycles. The predicted molar refractivity (Wildman–Crippen MR) is 87.6 cm³/mol. The zero-order valence-corrected chi connectivity index (χ0v) is 13.8. The number of carboxylic acid groups (broad SMARTS) is 1. The number of aromatic nitrogens is 2. The number of nitrogens with one attached hydrogen (secondary N) is 1. The molecule has 1 aromatic heterocycles. The molecule has 0 radical (unpaired) electrons. The zero-order valence-electron chi connectivity index (χ0n) is 13.8. The number of hydrogen-bond acceptors (Lipinski definition) is 3. The minimum absolute atomic E-state index is 0.0368. The molecule has 1 amide bonds. The number of carboxylic acids is 1. The van der Waals surface area contributed by atoms with E-state index >= 15 is 0 Å². The molecule has 0 aliphatic carbocycles.